The average Bonchev–Trinajstić information content (AvgIpc) is 3.28. The molecule has 0 fully saturated rings. The minimum atomic E-state index is -1.20. The summed E-state index contributed by atoms with van der Waals surface area (Å²) in [5.41, 5.74) is 6.52. The zero-order valence-corrected chi connectivity index (χ0v) is 28.7. The maximum Gasteiger partial charge on any atom is 0.326 e. The van der Waals surface area contributed by atoms with Crippen LogP contribution in [0.5, 0.6) is 5.75 Å². The van der Waals surface area contributed by atoms with Crippen LogP contribution < -0.4 is 26.3 Å². The summed E-state index contributed by atoms with van der Waals surface area (Å²) in [5, 5.41) is 18.5. The summed E-state index contributed by atoms with van der Waals surface area (Å²) in [7, 11) is -1.20. The van der Waals surface area contributed by atoms with Crippen LogP contribution in [0, 0.1) is 0 Å². The molecule has 0 bridgehead atoms. The summed E-state index contributed by atoms with van der Waals surface area (Å²) in [5.74, 6) is 0.334. The molecular formula is C34H51N2O6P. The summed E-state index contributed by atoms with van der Waals surface area (Å²) in [4.78, 5) is 21.8. The van der Waals surface area contributed by atoms with E-state index in [4.69, 9.17) is 9.15 Å². The molecule has 238 valence electrons. The van der Waals surface area contributed by atoms with E-state index in [0.717, 1.165) is 34.5 Å². The van der Waals surface area contributed by atoms with Gasteiger partial charge >= 0.3 is 5.97 Å². The van der Waals surface area contributed by atoms with Crippen molar-refractivity contribution < 1.29 is 28.6 Å². The number of hydrogen-bond acceptors (Lipinski definition) is 8. The van der Waals surface area contributed by atoms with Gasteiger partial charge in [0.1, 0.15) is 24.9 Å². The van der Waals surface area contributed by atoms with Gasteiger partial charge in [0.15, 0.2) is 5.50 Å². The van der Waals surface area contributed by atoms with Gasteiger partial charge in [-0.3, -0.25) is 19.8 Å². The van der Waals surface area contributed by atoms with Crippen molar-refractivity contribution in [1.29, 1.82) is 0 Å². The van der Waals surface area contributed by atoms with E-state index < -0.39 is 13.8 Å². The molecule has 0 aliphatic heterocycles. The number of benzene rings is 1. The maximum absolute atomic E-state index is 12.6. The highest BCUT2D eigenvalue weighted by Crippen LogP contribution is 2.32. The minimum Gasteiger partial charge on any atom is -0.508 e. The molecule has 0 saturated heterocycles. The fraction of sp³-hybridized carbons (Fsp3) is 0.529. The Balaban J connectivity index is 0.00000119. The number of phenols is 1. The van der Waals surface area contributed by atoms with E-state index in [1.54, 1.807) is 6.92 Å². The van der Waals surface area contributed by atoms with Gasteiger partial charge in [0.05, 0.1) is 13.2 Å². The first kappa shape index (κ1) is 36.3. The van der Waals surface area contributed by atoms with Crippen molar-refractivity contribution in [2.24, 2.45) is 0 Å². The number of carbonyl (C=O) groups is 2. The molecule has 1 aromatic carbocycles. The Labute approximate surface area is 258 Å². The highest BCUT2D eigenvalue weighted by atomic mass is 31.1. The summed E-state index contributed by atoms with van der Waals surface area (Å²) >= 11 is 0. The van der Waals surface area contributed by atoms with Crippen LogP contribution >= 0.6 is 8.22 Å². The van der Waals surface area contributed by atoms with Gasteiger partial charge in [-0.05, 0) is 116 Å². The number of allylic oxidation sites excluding steroid dienone is 2. The van der Waals surface area contributed by atoms with Crippen LogP contribution in [0.3, 0.4) is 0 Å². The minimum absolute atomic E-state index is 0.196. The second-order valence-corrected chi connectivity index (χ2v) is 14.2. The lowest BCUT2D eigenvalue weighted by Gasteiger charge is -2.33. The molecule has 9 heteroatoms. The third kappa shape index (κ3) is 10.6. The van der Waals surface area contributed by atoms with E-state index in [1.807, 2.05) is 32.9 Å². The van der Waals surface area contributed by atoms with E-state index in [0.29, 0.717) is 25.4 Å². The van der Waals surface area contributed by atoms with Gasteiger partial charge < -0.3 is 19.0 Å². The van der Waals surface area contributed by atoms with E-state index in [9.17, 15) is 14.7 Å². The quantitative estimate of drug-likeness (QED) is 0.174. The second-order valence-electron chi connectivity index (χ2n) is 12.7. The molecule has 1 unspecified atom stereocenters. The predicted molar refractivity (Wildman–Crippen MR) is 176 cm³/mol. The molecule has 1 aromatic heterocycles. The van der Waals surface area contributed by atoms with Gasteiger partial charge in [-0.1, -0.05) is 37.1 Å². The molecular weight excluding hydrogens is 563 g/mol. The molecule has 0 radical (unpaired) electrons. The van der Waals surface area contributed by atoms with E-state index in [2.05, 4.69) is 81.6 Å². The number of fused-ring (bicyclic) bond motifs is 1. The Hall–Kier alpha value is -2.93. The normalized spacial score (nSPS) is 14.3. The molecule has 8 nitrogen and oxygen atoms in total. The van der Waals surface area contributed by atoms with Crippen LogP contribution in [0.15, 0.2) is 39.8 Å². The smallest absolute Gasteiger partial charge is 0.326 e. The fourth-order valence-corrected chi connectivity index (χ4v) is 6.64. The Kier molecular flexibility index (Phi) is 13.2. The highest BCUT2D eigenvalue weighted by molar-refractivity contribution is 7.61. The molecule has 0 amide bonds. The number of furan rings is 1. The van der Waals surface area contributed by atoms with Crippen molar-refractivity contribution in [3.63, 3.8) is 0 Å². The van der Waals surface area contributed by atoms with Gasteiger partial charge in [-0.25, -0.2) is 0 Å². The number of phenolic OH excluding ortho intramolecular Hbond substituents is 1. The average molecular weight is 615 g/mol. The van der Waals surface area contributed by atoms with Crippen LogP contribution in [-0.4, -0.2) is 41.8 Å². The maximum atomic E-state index is 12.6. The van der Waals surface area contributed by atoms with Crippen LogP contribution in [0.25, 0.3) is 11.6 Å². The largest absolute Gasteiger partial charge is 0.508 e. The van der Waals surface area contributed by atoms with Gasteiger partial charge in [0.2, 0.25) is 0 Å². The topological polar surface area (TPSA) is 110 Å². The van der Waals surface area contributed by atoms with Crippen molar-refractivity contribution >= 4 is 37.8 Å². The van der Waals surface area contributed by atoms with E-state index in [-0.39, 0.29) is 17.4 Å². The Morgan fingerprint density at radius 1 is 1.09 bits per heavy atom. The number of hydrogen-bond donors (Lipinski definition) is 3. The van der Waals surface area contributed by atoms with Crippen molar-refractivity contribution in [3.05, 3.63) is 57.2 Å². The second kappa shape index (κ2) is 15.7. The SMILES string of the molecule is CCOC(=O)C(C)(C)NP(NC(C)(C)C)c1cc2c(o1)=CC(C)=C(Cc1ccc(O)c(C(C)C)c1)CC=2C.CCOC=O. The first-order valence-electron chi connectivity index (χ1n) is 14.9. The molecule has 3 N–H and O–H groups in total. The third-order valence-corrected chi connectivity index (χ3v) is 9.14. The van der Waals surface area contributed by atoms with Gasteiger partial charge in [0, 0.05) is 10.8 Å². The molecule has 2 aromatic rings. The van der Waals surface area contributed by atoms with Gasteiger partial charge in [-0.15, -0.1) is 0 Å². The Bertz CT molecular complexity index is 1420. The summed E-state index contributed by atoms with van der Waals surface area (Å²) in [6.07, 6.45) is 3.80. The van der Waals surface area contributed by atoms with Crippen LogP contribution in [0.4, 0.5) is 0 Å². The fourth-order valence-electron chi connectivity index (χ4n) is 4.60. The molecule has 1 aliphatic rings. The monoisotopic (exact) mass is 614 g/mol. The van der Waals surface area contributed by atoms with Crippen molar-refractivity contribution in [2.45, 2.75) is 106 Å². The summed E-state index contributed by atoms with van der Waals surface area (Å²) in [6.45, 7) is 23.3. The zero-order valence-electron chi connectivity index (χ0n) is 27.8. The third-order valence-electron chi connectivity index (χ3n) is 6.80. The number of esters is 1. The van der Waals surface area contributed by atoms with Crippen molar-refractivity contribution in [2.75, 3.05) is 13.2 Å². The Morgan fingerprint density at radius 3 is 2.30 bits per heavy atom. The van der Waals surface area contributed by atoms with Crippen LogP contribution in [-0.2, 0) is 25.5 Å². The van der Waals surface area contributed by atoms with Crippen molar-refractivity contribution in [1.82, 2.24) is 10.2 Å². The lowest BCUT2D eigenvalue weighted by atomic mass is 9.92. The lowest BCUT2D eigenvalue weighted by molar-refractivity contribution is -0.148. The predicted octanol–water partition coefficient (Wildman–Crippen LogP) is 5.46. The summed E-state index contributed by atoms with van der Waals surface area (Å²) < 4.78 is 16.0. The number of aromatic hydroxyl groups is 1. The van der Waals surface area contributed by atoms with Crippen LogP contribution in [0.2, 0.25) is 0 Å². The van der Waals surface area contributed by atoms with E-state index in [1.165, 1.54) is 22.3 Å². The van der Waals surface area contributed by atoms with Crippen LogP contribution in [0.1, 0.15) is 99.6 Å². The number of nitrogens with one attached hydrogen (secondary N) is 2. The lowest BCUT2D eigenvalue weighted by Crippen LogP contribution is -2.50. The molecule has 1 atom stereocenters. The molecule has 0 spiro atoms. The van der Waals surface area contributed by atoms with Gasteiger partial charge in [-0.2, -0.15) is 0 Å². The number of ether oxygens (including phenoxy) is 2. The number of carbonyl (C=O) groups excluding carboxylic acids is 2. The standard InChI is InChI=1S/C31H45N2O4P.C3H6O2/c1-11-36-29(35)31(9,10)33-38(32-30(6,7)8)28-18-25-21(5)14-23(20(4)15-27(25)37-28)16-22-12-13-26(34)24(17-22)19(2)3;1-2-5-3-4/h12-13,15,17-19,32-34H,11,14,16H2,1-10H3;3H,2H2,1H3. The number of rotatable bonds is 11. The molecule has 43 heavy (non-hydrogen) atoms. The Morgan fingerprint density at radius 2 is 1.77 bits per heavy atom. The molecule has 1 aliphatic carbocycles. The van der Waals surface area contributed by atoms with E-state index >= 15 is 0 Å². The molecule has 1 heterocycles. The van der Waals surface area contributed by atoms with Gasteiger partial charge in [0.25, 0.3) is 6.47 Å². The highest BCUT2D eigenvalue weighted by Gasteiger charge is 2.35. The molecule has 3 rings (SSSR count). The first-order chi connectivity index (χ1) is 20.0. The van der Waals surface area contributed by atoms with Crippen molar-refractivity contribution in [3.8, 4) is 5.75 Å². The molecule has 0 saturated carbocycles. The zero-order chi connectivity index (χ0) is 32.5. The summed E-state index contributed by atoms with van der Waals surface area (Å²) in [6, 6.07) is 8.06. The first-order valence-corrected chi connectivity index (χ1v) is 16.3.